The number of carbonyl (C=O) groups is 1. The van der Waals surface area contributed by atoms with E-state index in [1.165, 1.54) is 13.3 Å². The van der Waals surface area contributed by atoms with Gasteiger partial charge < -0.3 is 9.72 Å². The normalized spacial score (nSPS) is 10.5. The summed E-state index contributed by atoms with van der Waals surface area (Å²) in [6.07, 6.45) is 1.41. The number of aromatic nitrogens is 1. The fraction of sp³-hybridized carbons (Fsp3) is 0.231. The molecule has 0 saturated heterocycles. The summed E-state index contributed by atoms with van der Waals surface area (Å²) in [5.74, 6) is -0.617. The van der Waals surface area contributed by atoms with Crippen LogP contribution in [-0.2, 0) is 4.74 Å². The van der Waals surface area contributed by atoms with Crippen molar-refractivity contribution in [1.82, 2.24) is 4.98 Å². The molecule has 0 fully saturated rings. The van der Waals surface area contributed by atoms with E-state index in [1.807, 2.05) is 26.0 Å². The first-order valence-electron chi connectivity index (χ1n) is 5.26. The number of ether oxygens (including phenoxy) is 1. The summed E-state index contributed by atoms with van der Waals surface area (Å²) in [6.45, 7) is 3.76. The smallest absolute Gasteiger partial charge is 0.343 e. The molecular weight excluding hydrogens is 218 g/mol. The van der Waals surface area contributed by atoms with Gasteiger partial charge in [0, 0.05) is 11.6 Å². The van der Waals surface area contributed by atoms with Crippen molar-refractivity contribution in [2.24, 2.45) is 0 Å². The number of aromatic amines is 1. The van der Waals surface area contributed by atoms with E-state index in [9.17, 15) is 9.59 Å². The molecule has 0 spiro atoms. The molecule has 0 atom stereocenters. The number of H-pyrrole nitrogens is 1. The molecule has 4 nitrogen and oxygen atoms in total. The molecular formula is C13H13NO3. The lowest BCUT2D eigenvalue weighted by atomic mass is 10.0. The maximum absolute atomic E-state index is 12.2. The first-order chi connectivity index (χ1) is 8.06. The van der Waals surface area contributed by atoms with Crippen LogP contribution in [-0.4, -0.2) is 18.1 Å². The lowest BCUT2D eigenvalue weighted by Crippen LogP contribution is -2.18. The number of carbonyl (C=O) groups excluding carboxylic acids is 1. The Hall–Kier alpha value is -2.10. The van der Waals surface area contributed by atoms with Crippen molar-refractivity contribution in [2.45, 2.75) is 13.8 Å². The Morgan fingerprint density at radius 1 is 1.24 bits per heavy atom. The Morgan fingerprint density at radius 2 is 1.88 bits per heavy atom. The van der Waals surface area contributed by atoms with Crippen LogP contribution >= 0.6 is 0 Å². The molecule has 4 heteroatoms. The highest BCUT2D eigenvalue weighted by atomic mass is 16.5. The highest BCUT2D eigenvalue weighted by molar-refractivity contribution is 5.95. The number of rotatable bonds is 1. The molecule has 0 aliphatic heterocycles. The van der Waals surface area contributed by atoms with Crippen LogP contribution in [0.3, 0.4) is 0 Å². The number of fused-ring (bicyclic) bond motifs is 1. The van der Waals surface area contributed by atoms with E-state index in [-0.39, 0.29) is 11.0 Å². The predicted molar refractivity (Wildman–Crippen MR) is 65.4 cm³/mol. The van der Waals surface area contributed by atoms with Crippen molar-refractivity contribution < 1.29 is 9.53 Å². The molecule has 1 heterocycles. The van der Waals surface area contributed by atoms with Gasteiger partial charge in [-0.2, -0.15) is 0 Å². The minimum absolute atomic E-state index is 0.0358. The van der Waals surface area contributed by atoms with Crippen molar-refractivity contribution in [3.63, 3.8) is 0 Å². The third-order valence-electron chi connectivity index (χ3n) is 2.86. The first-order valence-corrected chi connectivity index (χ1v) is 5.26. The van der Waals surface area contributed by atoms with E-state index in [4.69, 9.17) is 0 Å². The van der Waals surface area contributed by atoms with E-state index in [1.54, 1.807) is 0 Å². The Labute approximate surface area is 98.2 Å². The monoisotopic (exact) mass is 231 g/mol. The van der Waals surface area contributed by atoms with Gasteiger partial charge in [0.15, 0.2) is 0 Å². The van der Waals surface area contributed by atoms with Gasteiger partial charge in [-0.05, 0) is 25.0 Å². The molecule has 0 aliphatic carbocycles. The number of pyridine rings is 1. The summed E-state index contributed by atoms with van der Waals surface area (Å²) in [7, 11) is 1.26. The summed E-state index contributed by atoms with van der Waals surface area (Å²) in [5.41, 5.74) is 2.33. The number of benzene rings is 1. The molecule has 2 aromatic rings. The molecule has 1 aromatic carbocycles. The minimum Gasteiger partial charge on any atom is -0.465 e. The van der Waals surface area contributed by atoms with Gasteiger partial charge in [0.25, 0.3) is 0 Å². The zero-order chi connectivity index (χ0) is 12.6. The molecule has 0 saturated carbocycles. The lowest BCUT2D eigenvalue weighted by molar-refractivity contribution is 0.0599. The maximum atomic E-state index is 12.2. The second-order valence-corrected chi connectivity index (χ2v) is 3.97. The number of aryl methyl sites for hydroxylation is 2. The fourth-order valence-electron chi connectivity index (χ4n) is 1.90. The molecule has 17 heavy (non-hydrogen) atoms. The third-order valence-corrected chi connectivity index (χ3v) is 2.86. The molecule has 0 unspecified atom stereocenters. The molecule has 0 radical (unpaired) electrons. The second kappa shape index (κ2) is 4.05. The summed E-state index contributed by atoms with van der Waals surface area (Å²) in [6, 6.07) is 3.80. The summed E-state index contributed by atoms with van der Waals surface area (Å²) in [5, 5.41) is 0.549. The average molecular weight is 231 g/mol. The van der Waals surface area contributed by atoms with Gasteiger partial charge in [-0.3, -0.25) is 4.79 Å². The van der Waals surface area contributed by atoms with Gasteiger partial charge >= 0.3 is 5.97 Å². The SMILES string of the molecule is COC(=O)c1c[nH]c2c(C)ccc(C)c2c1=O. The van der Waals surface area contributed by atoms with E-state index in [0.717, 1.165) is 16.6 Å². The standard InChI is InChI=1S/C13H13NO3/c1-7-4-5-8(2)11-10(7)12(15)9(6-14-11)13(16)17-3/h4-6H,1-3H3,(H,14,15). The minimum atomic E-state index is -0.617. The Morgan fingerprint density at radius 3 is 2.53 bits per heavy atom. The number of hydrogen-bond donors (Lipinski definition) is 1. The van der Waals surface area contributed by atoms with Crippen LogP contribution in [0.1, 0.15) is 21.5 Å². The lowest BCUT2D eigenvalue weighted by Gasteiger charge is -2.06. The van der Waals surface area contributed by atoms with Crippen LogP contribution in [0.5, 0.6) is 0 Å². The Balaban J connectivity index is 2.89. The van der Waals surface area contributed by atoms with Gasteiger partial charge in [-0.25, -0.2) is 4.79 Å². The van der Waals surface area contributed by atoms with Crippen molar-refractivity contribution >= 4 is 16.9 Å². The van der Waals surface area contributed by atoms with E-state index in [2.05, 4.69) is 9.72 Å². The Kier molecular flexibility index (Phi) is 2.71. The zero-order valence-electron chi connectivity index (χ0n) is 9.96. The molecule has 1 N–H and O–H groups in total. The third kappa shape index (κ3) is 1.71. The predicted octanol–water partition coefficient (Wildman–Crippen LogP) is 1.93. The zero-order valence-corrected chi connectivity index (χ0v) is 9.96. The quantitative estimate of drug-likeness (QED) is 0.763. The van der Waals surface area contributed by atoms with Crippen LogP contribution in [0.25, 0.3) is 10.9 Å². The number of hydrogen-bond acceptors (Lipinski definition) is 3. The van der Waals surface area contributed by atoms with Gasteiger partial charge in [0.2, 0.25) is 5.43 Å². The highest BCUT2D eigenvalue weighted by Gasteiger charge is 2.14. The number of methoxy groups -OCH3 is 1. The van der Waals surface area contributed by atoms with E-state index in [0.29, 0.717) is 5.39 Å². The molecule has 88 valence electrons. The van der Waals surface area contributed by atoms with Crippen molar-refractivity contribution in [1.29, 1.82) is 0 Å². The largest absolute Gasteiger partial charge is 0.465 e. The summed E-state index contributed by atoms with van der Waals surface area (Å²) < 4.78 is 4.58. The van der Waals surface area contributed by atoms with Crippen LogP contribution in [0.2, 0.25) is 0 Å². The van der Waals surface area contributed by atoms with Gasteiger partial charge in [-0.1, -0.05) is 12.1 Å². The number of nitrogens with one attached hydrogen (secondary N) is 1. The maximum Gasteiger partial charge on any atom is 0.343 e. The van der Waals surface area contributed by atoms with Crippen LogP contribution in [0.4, 0.5) is 0 Å². The van der Waals surface area contributed by atoms with Crippen LogP contribution < -0.4 is 5.43 Å². The molecule has 0 amide bonds. The van der Waals surface area contributed by atoms with Crippen LogP contribution in [0, 0.1) is 13.8 Å². The first kappa shape index (κ1) is 11.4. The second-order valence-electron chi connectivity index (χ2n) is 3.97. The average Bonchev–Trinajstić information content (AvgIpc) is 2.33. The van der Waals surface area contributed by atoms with Gasteiger partial charge in [0.05, 0.1) is 12.6 Å². The van der Waals surface area contributed by atoms with Crippen LogP contribution in [0.15, 0.2) is 23.1 Å². The fourth-order valence-corrected chi connectivity index (χ4v) is 1.90. The van der Waals surface area contributed by atoms with Crippen molar-refractivity contribution in [3.05, 3.63) is 45.2 Å². The summed E-state index contributed by atoms with van der Waals surface area (Å²) >= 11 is 0. The number of esters is 1. The summed E-state index contributed by atoms with van der Waals surface area (Å²) in [4.78, 5) is 26.6. The highest BCUT2D eigenvalue weighted by Crippen LogP contribution is 2.17. The Bertz CT molecular complexity index is 655. The van der Waals surface area contributed by atoms with Gasteiger partial charge in [0.1, 0.15) is 5.56 Å². The van der Waals surface area contributed by atoms with E-state index < -0.39 is 5.97 Å². The topological polar surface area (TPSA) is 59.2 Å². The van der Waals surface area contributed by atoms with Crippen molar-refractivity contribution in [2.75, 3.05) is 7.11 Å². The molecule has 1 aromatic heterocycles. The molecule has 0 bridgehead atoms. The van der Waals surface area contributed by atoms with Crippen molar-refractivity contribution in [3.8, 4) is 0 Å². The molecule has 2 rings (SSSR count). The van der Waals surface area contributed by atoms with Gasteiger partial charge in [-0.15, -0.1) is 0 Å². The van der Waals surface area contributed by atoms with E-state index >= 15 is 0 Å². The molecule has 0 aliphatic rings.